The van der Waals surface area contributed by atoms with Gasteiger partial charge < -0.3 is 19.7 Å². The number of carbonyl (C=O) groups is 3. The number of hydrogen-bond donors (Lipinski definition) is 1. The van der Waals surface area contributed by atoms with Gasteiger partial charge in [0.1, 0.15) is 0 Å². The Kier molecular flexibility index (Phi) is 8.11. The third-order valence-electron chi connectivity index (χ3n) is 2.27. The van der Waals surface area contributed by atoms with Crippen molar-refractivity contribution in [2.24, 2.45) is 0 Å². The van der Waals surface area contributed by atoms with Gasteiger partial charge in [-0.05, 0) is 27.2 Å². The minimum atomic E-state index is -0.623. The molecule has 0 fully saturated rings. The highest BCUT2D eigenvalue weighted by Gasteiger charge is 2.16. The zero-order valence-corrected chi connectivity index (χ0v) is 13.3. The van der Waals surface area contributed by atoms with E-state index in [0.29, 0.717) is 13.0 Å². The summed E-state index contributed by atoms with van der Waals surface area (Å²) in [6, 6.07) is -0.181. The second-order valence-electron chi connectivity index (χ2n) is 5.48. The molecule has 7 heteroatoms. The van der Waals surface area contributed by atoms with Gasteiger partial charge in [0.25, 0.3) is 0 Å². The van der Waals surface area contributed by atoms with E-state index < -0.39 is 11.9 Å². The van der Waals surface area contributed by atoms with E-state index in [2.05, 4.69) is 10.1 Å². The molecule has 0 unspecified atom stereocenters. The first kappa shape index (κ1) is 18.9. The van der Waals surface area contributed by atoms with Gasteiger partial charge in [0, 0.05) is 31.3 Å². The van der Waals surface area contributed by atoms with Crippen LogP contribution in [0.1, 0.15) is 27.2 Å². The number of amides is 2. The number of nitrogens with one attached hydrogen (secondary N) is 1. The summed E-state index contributed by atoms with van der Waals surface area (Å²) in [6.45, 7) is 6.31. The molecule has 0 aliphatic carbocycles. The second kappa shape index (κ2) is 8.99. The molecule has 0 aromatic carbocycles. The van der Waals surface area contributed by atoms with Gasteiger partial charge in [-0.15, -0.1) is 0 Å². The van der Waals surface area contributed by atoms with E-state index in [9.17, 15) is 14.4 Å². The first-order valence-electron chi connectivity index (χ1n) is 6.62. The standard InChI is InChI=1S/C14H24N2O5/c1-14(2,3)15-13(19)16(4)9-6-10-21-12(18)8-7-11(17)20-5/h7-8H,6,9-10H2,1-5H3,(H,15,19)/b8-7+. The highest BCUT2D eigenvalue weighted by atomic mass is 16.5. The van der Waals surface area contributed by atoms with Crippen molar-refractivity contribution >= 4 is 18.0 Å². The molecule has 0 saturated carbocycles. The van der Waals surface area contributed by atoms with Gasteiger partial charge in [-0.3, -0.25) is 0 Å². The maximum atomic E-state index is 11.7. The zero-order valence-electron chi connectivity index (χ0n) is 13.3. The van der Waals surface area contributed by atoms with Gasteiger partial charge in [-0.1, -0.05) is 0 Å². The van der Waals surface area contributed by atoms with E-state index in [4.69, 9.17) is 4.74 Å². The fourth-order valence-electron chi connectivity index (χ4n) is 1.24. The number of ether oxygens (including phenoxy) is 2. The number of methoxy groups -OCH3 is 1. The molecular weight excluding hydrogens is 276 g/mol. The summed E-state index contributed by atoms with van der Waals surface area (Å²) in [5.74, 6) is -1.24. The third kappa shape index (κ3) is 10.4. The van der Waals surface area contributed by atoms with Crippen LogP contribution in [0.4, 0.5) is 4.79 Å². The van der Waals surface area contributed by atoms with Gasteiger partial charge in [-0.25, -0.2) is 14.4 Å². The third-order valence-corrected chi connectivity index (χ3v) is 2.27. The summed E-state index contributed by atoms with van der Waals surface area (Å²) < 4.78 is 9.22. The van der Waals surface area contributed by atoms with Crippen molar-refractivity contribution < 1.29 is 23.9 Å². The highest BCUT2D eigenvalue weighted by Crippen LogP contribution is 2.00. The van der Waals surface area contributed by atoms with E-state index in [-0.39, 0.29) is 18.2 Å². The Morgan fingerprint density at radius 3 is 2.24 bits per heavy atom. The average Bonchev–Trinajstić information content (AvgIpc) is 2.38. The highest BCUT2D eigenvalue weighted by molar-refractivity contribution is 5.91. The second-order valence-corrected chi connectivity index (χ2v) is 5.48. The zero-order chi connectivity index (χ0) is 16.5. The molecule has 0 bridgehead atoms. The van der Waals surface area contributed by atoms with Crippen LogP contribution in [0.3, 0.4) is 0 Å². The van der Waals surface area contributed by atoms with Crippen LogP contribution in [0.25, 0.3) is 0 Å². The molecule has 0 spiro atoms. The molecule has 21 heavy (non-hydrogen) atoms. The summed E-state index contributed by atoms with van der Waals surface area (Å²) in [7, 11) is 2.89. The van der Waals surface area contributed by atoms with Crippen LogP contribution in [0.2, 0.25) is 0 Å². The Bertz CT molecular complexity index is 399. The normalized spacial score (nSPS) is 11.1. The van der Waals surface area contributed by atoms with Crippen molar-refractivity contribution in [1.29, 1.82) is 0 Å². The molecule has 0 aromatic heterocycles. The van der Waals surface area contributed by atoms with E-state index in [1.807, 2.05) is 20.8 Å². The van der Waals surface area contributed by atoms with E-state index in [1.54, 1.807) is 7.05 Å². The topological polar surface area (TPSA) is 84.9 Å². The number of hydrogen-bond acceptors (Lipinski definition) is 5. The minimum absolute atomic E-state index is 0.164. The molecule has 0 aliphatic rings. The summed E-state index contributed by atoms with van der Waals surface area (Å²) in [4.78, 5) is 35.2. The van der Waals surface area contributed by atoms with E-state index >= 15 is 0 Å². The van der Waals surface area contributed by atoms with Crippen molar-refractivity contribution in [3.8, 4) is 0 Å². The molecule has 0 aromatic rings. The summed E-state index contributed by atoms with van der Waals surface area (Å²) >= 11 is 0. The lowest BCUT2D eigenvalue weighted by Gasteiger charge is -2.25. The van der Waals surface area contributed by atoms with Crippen molar-refractivity contribution in [1.82, 2.24) is 10.2 Å². The molecule has 0 radical (unpaired) electrons. The Labute approximate surface area is 125 Å². The Morgan fingerprint density at radius 1 is 1.14 bits per heavy atom. The van der Waals surface area contributed by atoms with Crippen LogP contribution in [0.15, 0.2) is 12.2 Å². The summed E-state index contributed by atoms with van der Waals surface area (Å²) in [6.07, 6.45) is 2.50. The van der Waals surface area contributed by atoms with Gasteiger partial charge in [0.15, 0.2) is 0 Å². The lowest BCUT2D eigenvalue weighted by molar-refractivity contribution is -0.139. The average molecular weight is 300 g/mol. The molecule has 0 saturated heterocycles. The van der Waals surface area contributed by atoms with Crippen molar-refractivity contribution in [2.75, 3.05) is 27.3 Å². The lowest BCUT2D eigenvalue weighted by Crippen LogP contribution is -2.47. The molecule has 0 aliphatic heterocycles. The molecule has 0 rings (SSSR count). The lowest BCUT2D eigenvalue weighted by atomic mass is 10.1. The fourth-order valence-corrected chi connectivity index (χ4v) is 1.24. The molecule has 0 heterocycles. The predicted octanol–water partition coefficient (Wildman–Crippen LogP) is 1.09. The number of nitrogens with zero attached hydrogens (tertiary/aromatic N) is 1. The van der Waals surface area contributed by atoms with Crippen LogP contribution < -0.4 is 5.32 Å². The maximum Gasteiger partial charge on any atom is 0.331 e. The Hall–Kier alpha value is -2.05. The van der Waals surface area contributed by atoms with Gasteiger partial charge in [-0.2, -0.15) is 0 Å². The van der Waals surface area contributed by atoms with Crippen LogP contribution in [-0.2, 0) is 19.1 Å². The van der Waals surface area contributed by atoms with Crippen LogP contribution in [0, 0.1) is 0 Å². The molecule has 120 valence electrons. The number of rotatable bonds is 6. The first-order chi connectivity index (χ1) is 9.65. The summed E-state index contributed by atoms with van der Waals surface area (Å²) in [5.41, 5.74) is -0.295. The molecule has 1 N–H and O–H groups in total. The largest absolute Gasteiger partial charge is 0.466 e. The fraction of sp³-hybridized carbons (Fsp3) is 0.643. The predicted molar refractivity (Wildman–Crippen MR) is 77.6 cm³/mol. The van der Waals surface area contributed by atoms with Crippen LogP contribution in [0.5, 0.6) is 0 Å². The van der Waals surface area contributed by atoms with Crippen molar-refractivity contribution in [3.05, 3.63) is 12.2 Å². The van der Waals surface area contributed by atoms with Crippen LogP contribution in [-0.4, -0.2) is 55.7 Å². The van der Waals surface area contributed by atoms with E-state index in [0.717, 1.165) is 12.2 Å². The number of urea groups is 1. The van der Waals surface area contributed by atoms with Crippen molar-refractivity contribution in [3.63, 3.8) is 0 Å². The quantitative estimate of drug-likeness (QED) is 0.451. The van der Waals surface area contributed by atoms with Gasteiger partial charge >= 0.3 is 18.0 Å². The Morgan fingerprint density at radius 2 is 1.71 bits per heavy atom. The van der Waals surface area contributed by atoms with E-state index in [1.165, 1.54) is 12.0 Å². The van der Waals surface area contributed by atoms with Gasteiger partial charge in [0.2, 0.25) is 0 Å². The summed E-state index contributed by atoms with van der Waals surface area (Å²) in [5, 5.41) is 2.82. The van der Waals surface area contributed by atoms with Crippen LogP contribution >= 0.6 is 0 Å². The minimum Gasteiger partial charge on any atom is -0.466 e. The molecule has 2 amide bonds. The molecule has 7 nitrogen and oxygen atoms in total. The molecule has 0 atom stereocenters. The maximum absolute atomic E-state index is 11.7. The number of carbonyl (C=O) groups excluding carboxylic acids is 3. The Balaban J connectivity index is 3.90. The van der Waals surface area contributed by atoms with Crippen molar-refractivity contribution in [2.45, 2.75) is 32.7 Å². The smallest absolute Gasteiger partial charge is 0.331 e. The monoisotopic (exact) mass is 300 g/mol. The SMILES string of the molecule is COC(=O)/C=C/C(=O)OCCCN(C)C(=O)NC(C)(C)C. The molecular formula is C14H24N2O5. The first-order valence-corrected chi connectivity index (χ1v) is 6.62. The van der Waals surface area contributed by atoms with Gasteiger partial charge in [0.05, 0.1) is 13.7 Å². The number of esters is 2.